The second-order valence-electron chi connectivity index (χ2n) is 6.77. The van der Waals surface area contributed by atoms with E-state index in [-0.39, 0.29) is 23.4 Å². The fourth-order valence-corrected chi connectivity index (χ4v) is 7.98. The van der Waals surface area contributed by atoms with Gasteiger partial charge in [0.25, 0.3) is 5.91 Å². The van der Waals surface area contributed by atoms with Gasteiger partial charge in [0, 0.05) is 10.3 Å². The van der Waals surface area contributed by atoms with Gasteiger partial charge in [-0.05, 0) is 36.4 Å². The molecule has 6 nitrogen and oxygen atoms in total. The number of hydrogen-bond donors (Lipinski definition) is 0. The molecule has 2 aliphatic heterocycles. The molecule has 2 aromatic carbocycles. The molecule has 30 heavy (non-hydrogen) atoms. The zero-order chi connectivity index (χ0) is 21.5. The number of halogens is 3. The van der Waals surface area contributed by atoms with E-state index in [9.17, 15) is 13.2 Å². The van der Waals surface area contributed by atoms with Gasteiger partial charge < -0.3 is 9.64 Å². The van der Waals surface area contributed by atoms with Crippen molar-refractivity contribution in [2.45, 2.75) is 11.3 Å². The number of nitrogens with zero attached hydrogens (tertiary/aromatic N) is 2. The first-order valence-electron chi connectivity index (χ1n) is 8.84. The van der Waals surface area contributed by atoms with Crippen molar-refractivity contribution in [1.82, 2.24) is 0 Å². The molecule has 0 aromatic heterocycles. The van der Waals surface area contributed by atoms with Gasteiger partial charge in [-0.25, -0.2) is 8.42 Å². The fraction of sp³-hybridized carbons (Fsp3) is 0.263. The van der Waals surface area contributed by atoms with Crippen molar-refractivity contribution in [3.63, 3.8) is 0 Å². The molecule has 0 spiro atoms. The Morgan fingerprint density at radius 2 is 1.77 bits per heavy atom. The Hall–Kier alpha value is -1.45. The molecular weight excluding hydrogens is 491 g/mol. The van der Waals surface area contributed by atoms with Gasteiger partial charge in [-0.15, -0.1) is 0 Å². The molecule has 11 heteroatoms. The smallest absolute Gasteiger partial charge is 0.285 e. The van der Waals surface area contributed by atoms with E-state index in [1.54, 1.807) is 47.4 Å². The number of carbonyl (C=O) groups excluding carboxylic acids is 1. The van der Waals surface area contributed by atoms with Crippen LogP contribution in [0.1, 0.15) is 0 Å². The predicted octanol–water partition coefficient (Wildman–Crippen LogP) is 4.33. The van der Waals surface area contributed by atoms with E-state index in [4.69, 9.17) is 39.5 Å². The zero-order valence-corrected chi connectivity index (χ0v) is 19.2. The molecule has 0 saturated carbocycles. The summed E-state index contributed by atoms with van der Waals surface area (Å²) in [6, 6.07) is 11.2. The van der Waals surface area contributed by atoms with Crippen LogP contribution in [-0.2, 0) is 14.6 Å². The third-order valence-corrected chi connectivity index (χ3v) is 8.71. The molecule has 0 aliphatic carbocycles. The van der Waals surface area contributed by atoms with E-state index in [0.717, 1.165) is 0 Å². The van der Waals surface area contributed by atoms with Crippen molar-refractivity contribution < 1.29 is 17.9 Å². The van der Waals surface area contributed by atoms with Crippen molar-refractivity contribution in [2.75, 3.05) is 23.0 Å². The quantitative estimate of drug-likeness (QED) is 0.616. The second kappa shape index (κ2) is 8.59. The first-order chi connectivity index (χ1) is 14.2. The van der Waals surface area contributed by atoms with Crippen LogP contribution >= 0.6 is 46.6 Å². The first kappa shape index (κ1) is 21.8. The third-order valence-electron chi connectivity index (χ3n) is 4.64. The Morgan fingerprint density at radius 3 is 2.43 bits per heavy atom. The van der Waals surface area contributed by atoms with Crippen molar-refractivity contribution >= 4 is 73.2 Å². The van der Waals surface area contributed by atoms with Crippen molar-refractivity contribution in [2.24, 2.45) is 4.99 Å². The summed E-state index contributed by atoms with van der Waals surface area (Å²) in [5.41, 5.74) is 0.447. The molecule has 0 radical (unpaired) electrons. The molecule has 2 fully saturated rings. The van der Waals surface area contributed by atoms with E-state index < -0.39 is 21.8 Å². The summed E-state index contributed by atoms with van der Waals surface area (Å²) in [4.78, 5) is 18.3. The minimum Gasteiger partial charge on any atom is -0.484 e. The number of amides is 1. The van der Waals surface area contributed by atoms with Crippen LogP contribution in [0.25, 0.3) is 0 Å². The lowest BCUT2D eigenvalue weighted by atomic mass is 10.2. The second-order valence-corrected chi connectivity index (χ2v) is 11.4. The van der Waals surface area contributed by atoms with Gasteiger partial charge in [0.05, 0.1) is 33.3 Å². The zero-order valence-electron chi connectivity index (χ0n) is 15.3. The number of amidine groups is 1. The van der Waals surface area contributed by atoms with Crippen LogP contribution in [0, 0.1) is 0 Å². The predicted molar refractivity (Wildman–Crippen MR) is 122 cm³/mol. The van der Waals surface area contributed by atoms with Gasteiger partial charge in [-0.1, -0.05) is 52.6 Å². The van der Waals surface area contributed by atoms with E-state index in [2.05, 4.69) is 4.99 Å². The van der Waals surface area contributed by atoms with E-state index in [0.29, 0.717) is 31.7 Å². The Kier molecular flexibility index (Phi) is 6.23. The van der Waals surface area contributed by atoms with Gasteiger partial charge in [0.15, 0.2) is 21.6 Å². The maximum absolute atomic E-state index is 12.5. The number of rotatable bonds is 4. The summed E-state index contributed by atoms with van der Waals surface area (Å²) in [7, 11) is -3.20. The van der Waals surface area contributed by atoms with Gasteiger partial charge in [-0.3, -0.25) is 4.79 Å². The summed E-state index contributed by atoms with van der Waals surface area (Å²) in [6.07, 6.45) is 0. The molecule has 1 amide bonds. The summed E-state index contributed by atoms with van der Waals surface area (Å²) in [5.74, 6) is -0.0692. The van der Waals surface area contributed by atoms with Crippen LogP contribution in [0.5, 0.6) is 5.75 Å². The number of hydrogen-bond acceptors (Lipinski definition) is 5. The van der Waals surface area contributed by atoms with Crippen LogP contribution < -0.4 is 9.64 Å². The Bertz CT molecular complexity index is 1100. The number of benzene rings is 2. The number of thioether (sulfide) groups is 1. The molecule has 2 unspecified atom stereocenters. The maximum Gasteiger partial charge on any atom is 0.285 e. The summed E-state index contributed by atoms with van der Waals surface area (Å²) >= 11 is 19.8. The molecule has 0 bridgehead atoms. The number of sulfone groups is 1. The SMILES string of the molecule is O=C(COc1ccc(Cl)cc1)N=C1SC2CS(=O)(=O)CC2N1c1c(Cl)cccc1Cl. The van der Waals surface area contributed by atoms with Crippen LogP contribution in [-0.4, -0.2) is 48.9 Å². The number of aliphatic imine (C=N–C) groups is 1. The van der Waals surface area contributed by atoms with Crippen LogP contribution in [0.3, 0.4) is 0 Å². The highest BCUT2D eigenvalue weighted by Gasteiger charge is 2.50. The Balaban J connectivity index is 1.60. The van der Waals surface area contributed by atoms with Crippen molar-refractivity contribution in [3.05, 3.63) is 57.5 Å². The lowest BCUT2D eigenvalue weighted by Crippen LogP contribution is -2.38. The summed E-state index contributed by atoms with van der Waals surface area (Å²) in [5, 5.41) is 1.37. The van der Waals surface area contributed by atoms with Gasteiger partial charge >= 0.3 is 0 Å². The van der Waals surface area contributed by atoms with Gasteiger partial charge in [0.1, 0.15) is 5.75 Å². The monoisotopic (exact) mass is 504 g/mol. The normalized spacial score (nSPS) is 23.6. The number of ether oxygens (including phenoxy) is 1. The highest BCUT2D eigenvalue weighted by molar-refractivity contribution is 8.16. The van der Waals surface area contributed by atoms with Gasteiger partial charge in [-0.2, -0.15) is 4.99 Å². The van der Waals surface area contributed by atoms with E-state index in [1.807, 2.05) is 0 Å². The first-order valence-corrected chi connectivity index (χ1v) is 12.7. The minimum absolute atomic E-state index is 0.00932. The van der Waals surface area contributed by atoms with Crippen LogP contribution in [0.2, 0.25) is 15.1 Å². The van der Waals surface area contributed by atoms with Gasteiger partial charge in [0.2, 0.25) is 0 Å². The van der Waals surface area contributed by atoms with Crippen LogP contribution in [0.15, 0.2) is 47.5 Å². The minimum atomic E-state index is -3.20. The Labute approximate surface area is 193 Å². The van der Waals surface area contributed by atoms with Crippen LogP contribution in [0.4, 0.5) is 5.69 Å². The van der Waals surface area contributed by atoms with E-state index >= 15 is 0 Å². The molecule has 2 aromatic rings. The molecule has 2 heterocycles. The molecule has 2 atom stereocenters. The number of fused-ring (bicyclic) bond motifs is 1. The number of carbonyl (C=O) groups is 1. The molecule has 4 rings (SSSR count). The lowest BCUT2D eigenvalue weighted by Gasteiger charge is -2.26. The molecule has 2 aliphatic rings. The molecule has 158 valence electrons. The van der Waals surface area contributed by atoms with Crippen molar-refractivity contribution in [3.8, 4) is 5.75 Å². The molecular formula is C19H15Cl3N2O4S2. The Morgan fingerprint density at radius 1 is 1.10 bits per heavy atom. The maximum atomic E-state index is 12.5. The number of para-hydroxylation sites is 1. The summed E-state index contributed by atoms with van der Waals surface area (Å²) < 4.78 is 29.8. The third kappa shape index (κ3) is 4.57. The summed E-state index contributed by atoms with van der Waals surface area (Å²) in [6.45, 7) is -0.274. The molecule has 0 N–H and O–H groups in total. The standard InChI is InChI=1S/C19H15Cl3N2O4S2/c20-11-4-6-12(7-5-11)28-8-17(25)23-19-24(18-13(21)2-1-3-14(18)22)15-9-30(26,27)10-16(15)29-19/h1-7,15-16H,8-10H2. The topological polar surface area (TPSA) is 76.0 Å². The van der Waals surface area contributed by atoms with E-state index in [1.165, 1.54) is 11.8 Å². The average Bonchev–Trinajstić information content (AvgIpc) is 3.13. The molecule has 2 saturated heterocycles. The lowest BCUT2D eigenvalue weighted by molar-refractivity contribution is -0.119. The van der Waals surface area contributed by atoms with Crippen molar-refractivity contribution in [1.29, 1.82) is 0 Å². The average molecular weight is 506 g/mol. The number of anilines is 1. The fourth-order valence-electron chi connectivity index (χ4n) is 3.36. The highest BCUT2D eigenvalue weighted by Crippen LogP contribution is 2.45. The largest absolute Gasteiger partial charge is 0.484 e. The highest BCUT2D eigenvalue weighted by atomic mass is 35.5.